The summed E-state index contributed by atoms with van der Waals surface area (Å²) < 4.78 is 5.36. The summed E-state index contributed by atoms with van der Waals surface area (Å²) >= 11 is 0. The Kier molecular flexibility index (Phi) is 6.28. The van der Waals surface area contributed by atoms with E-state index in [9.17, 15) is 14.9 Å². The molecule has 0 unspecified atom stereocenters. The van der Waals surface area contributed by atoms with Crippen molar-refractivity contribution in [3.63, 3.8) is 0 Å². The van der Waals surface area contributed by atoms with E-state index < -0.39 is 10.9 Å². The van der Waals surface area contributed by atoms with E-state index >= 15 is 0 Å². The van der Waals surface area contributed by atoms with Gasteiger partial charge in [-0.05, 0) is 25.0 Å². The molecule has 7 nitrogen and oxygen atoms in total. The fourth-order valence-corrected chi connectivity index (χ4v) is 1.64. The van der Waals surface area contributed by atoms with Gasteiger partial charge in [-0.1, -0.05) is 13.0 Å². The van der Waals surface area contributed by atoms with Gasteiger partial charge >= 0.3 is 11.7 Å². The predicted octanol–water partition coefficient (Wildman–Crippen LogP) is 2.66. The maximum Gasteiger partial charge on any atom is 0.333 e. The molecule has 0 aliphatic carbocycles. The van der Waals surface area contributed by atoms with Gasteiger partial charge in [-0.25, -0.2) is 0 Å². The Morgan fingerprint density at radius 1 is 1.50 bits per heavy atom. The lowest BCUT2D eigenvalue weighted by atomic mass is 10.2. The highest BCUT2D eigenvalue weighted by Gasteiger charge is 2.20. The molecule has 20 heavy (non-hydrogen) atoms. The molecule has 0 amide bonds. The number of hydrogen-bond acceptors (Lipinski definition) is 5. The molecular formula is C13H18N2O5. The minimum Gasteiger partial charge on any atom is -0.487 e. The van der Waals surface area contributed by atoms with Gasteiger partial charge < -0.3 is 15.2 Å². The van der Waals surface area contributed by atoms with E-state index in [1.54, 1.807) is 18.2 Å². The summed E-state index contributed by atoms with van der Waals surface area (Å²) in [5.74, 6) is -0.665. The largest absolute Gasteiger partial charge is 0.487 e. The lowest BCUT2D eigenvalue weighted by Crippen LogP contribution is -2.08. The molecule has 0 heterocycles. The first kappa shape index (κ1) is 15.7. The second-order valence-electron chi connectivity index (χ2n) is 4.18. The third kappa shape index (κ3) is 4.75. The fourth-order valence-electron chi connectivity index (χ4n) is 1.64. The molecule has 0 saturated heterocycles. The molecule has 0 radical (unpaired) electrons. The Hall–Kier alpha value is -2.31. The van der Waals surface area contributed by atoms with Crippen molar-refractivity contribution >= 4 is 17.3 Å². The third-order valence-corrected chi connectivity index (χ3v) is 2.53. The van der Waals surface area contributed by atoms with Crippen LogP contribution in [0.25, 0.3) is 0 Å². The molecular weight excluding hydrogens is 264 g/mol. The van der Waals surface area contributed by atoms with Crippen molar-refractivity contribution in [2.45, 2.75) is 26.2 Å². The molecule has 2 N–H and O–H groups in total. The molecule has 0 fully saturated rings. The maximum atomic E-state index is 11.1. The van der Waals surface area contributed by atoms with Crippen LogP contribution in [-0.2, 0) is 4.79 Å². The molecule has 1 rings (SSSR count). The van der Waals surface area contributed by atoms with E-state index in [0.29, 0.717) is 25.3 Å². The van der Waals surface area contributed by atoms with Crippen molar-refractivity contribution in [3.8, 4) is 5.75 Å². The second kappa shape index (κ2) is 7.98. The molecule has 0 spiro atoms. The Bertz CT molecular complexity index is 476. The number of nitro groups is 1. The van der Waals surface area contributed by atoms with Gasteiger partial charge in [-0.15, -0.1) is 0 Å². The molecule has 1 aromatic rings. The standard InChI is InChI=1S/C13H18N2O5/c1-2-9-20-11-6-3-5-10(13(11)15(18)19)14-8-4-7-12(16)17/h3,5-6,14H,2,4,7-9H2,1H3,(H,16,17). The summed E-state index contributed by atoms with van der Waals surface area (Å²) in [6, 6.07) is 4.80. The molecule has 0 aromatic heterocycles. The van der Waals surface area contributed by atoms with Crippen molar-refractivity contribution in [2.75, 3.05) is 18.5 Å². The number of hydrogen-bond donors (Lipinski definition) is 2. The molecule has 0 aliphatic rings. The van der Waals surface area contributed by atoms with Crippen LogP contribution in [-0.4, -0.2) is 29.2 Å². The number of benzene rings is 1. The van der Waals surface area contributed by atoms with Gasteiger partial charge in [0.25, 0.3) is 0 Å². The van der Waals surface area contributed by atoms with Gasteiger partial charge in [0.15, 0.2) is 5.75 Å². The Balaban J connectivity index is 2.78. The fraction of sp³-hybridized carbons (Fsp3) is 0.462. The normalized spacial score (nSPS) is 10.1. The zero-order chi connectivity index (χ0) is 15.0. The number of carboxylic acid groups (broad SMARTS) is 1. The van der Waals surface area contributed by atoms with E-state index in [0.717, 1.165) is 6.42 Å². The van der Waals surface area contributed by atoms with E-state index in [4.69, 9.17) is 9.84 Å². The van der Waals surface area contributed by atoms with E-state index in [1.165, 1.54) is 0 Å². The van der Waals surface area contributed by atoms with Crippen LogP contribution >= 0.6 is 0 Å². The maximum absolute atomic E-state index is 11.1. The monoisotopic (exact) mass is 282 g/mol. The molecule has 1 aromatic carbocycles. The molecule has 110 valence electrons. The van der Waals surface area contributed by atoms with Crippen LogP contribution in [0.3, 0.4) is 0 Å². The predicted molar refractivity (Wildman–Crippen MR) is 74.2 cm³/mol. The number of carbonyl (C=O) groups is 1. The van der Waals surface area contributed by atoms with Gasteiger partial charge in [0, 0.05) is 13.0 Å². The summed E-state index contributed by atoms with van der Waals surface area (Å²) in [4.78, 5) is 21.0. The van der Waals surface area contributed by atoms with E-state index in [1.807, 2.05) is 6.92 Å². The van der Waals surface area contributed by atoms with Gasteiger partial charge in [0.05, 0.1) is 11.5 Å². The number of para-hydroxylation sites is 1. The van der Waals surface area contributed by atoms with Crippen molar-refractivity contribution in [1.29, 1.82) is 0 Å². The van der Waals surface area contributed by atoms with Crippen LogP contribution in [0.4, 0.5) is 11.4 Å². The average molecular weight is 282 g/mol. The lowest BCUT2D eigenvalue weighted by molar-refractivity contribution is -0.385. The topological polar surface area (TPSA) is 102 Å². The first-order valence-electron chi connectivity index (χ1n) is 6.42. The van der Waals surface area contributed by atoms with Gasteiger partial charge in [0.1, 0.15) is 5.69 Å². The number of carboxylic acids is 1. The van der Waals surface area contributed by atoms with Crippen molar-refractivity contribution in [3.05, 3.63) is 28.3 Å². The molecule has 0 saturated carbocycles. The summed E-state index contributed by atoms with van der Waals surface area (Å²) in [7, 11) is 0. The van der Waals surface area contributed by atoms with E-state index in [2.05, 4.69) is 5.32 Å². The van der Waals surface area contributed by atoms with Crippen LogP contribution < -0.4 is 10.1 Å². The minimum atomic E-state index is -0.888. The third-order valence-electron chi connectivity index (χ3n) is 2.53. The van der Waals surface area contributed by atoms with Crippen molar-refractivity contribution in [2.24, 2.45) is 0 Å². The molecule has 0 atom stereocenters. The minimum absolute atomic E-state index is 0.0207. The number of nitro benzene ring substituents is 1. The Labute approximate surface area is 116 Å². The SMILES string of the molecule is CCCOc1cccc(NCCCC(=O)O)c1[N+](=O)[O-]. The summed E-state index contributed by atoms with van der Waals surface area (Å²) in [6.07, 6.45) is 1.17. The zero-order valence-corrected chi connectivity index (χ0v) is 11.3. The number of nitrogens with one attached hydrogen (secondary N) is 1. The van der Waals surface area contributed by atoms with Crippen LogP contribution in [0.1, 0.15) is 26.2 Å². The van der Waals surface area contributed by atoms with Crippen LogP contribution in [0.2, 0.25) is 0 Å². The number of ether oxygens (including phenoxy) is 1. The second-order valence-corrected chi connectivity index (χ2v) is 4.18. The number of anilines is 1. The smallest absolute Gasteiger partial charge is 0.333 e. The van der Waals surface area contributed by atoms with Gasteiger partial charge in [0.2, 0.25) is 0 Å². The average Bonchev–Trinajstić information content (AvgIpc) is 2.40. The van der Waals surface area contributed by atoms with Crippen molar-refractivity contribution in [1.82, 2.24) is 0 Å². The Morgan fingerprint density at radius 2 is 2.25 bits per heavy atom. The molecule has 0 bridgehead atoms. The highest BCUT2D eigenvalue weighted by Crippen LogP contribution is 2.34. The number of aliphatic carboxylic acids is 1. The molecule has 0 aliphatic heterocycles. The summed E-state index contributed by atoms with van der Waals surface area (Å²) in [5, 5.41) is 22.6. The van der Waals surface area contributed by atoms with Crippen LogP contribution in [0, 0.1) is 10.1 Å². The first-order chi connectivity index (χ1) is 9.56. The van der Waals surface area contributed by atoms with Gasteiger partial charge in [-0.3, -0.25) is 14.9 Å². The van der Waals surface area contributed by atoms with Gasteiger partial charge in [-0.2, -0.15) is 0 Å². The van der Waals surface area contributed by atoms with Crippen LogP contribution in [0.15, 0.2) is 18.2 Å². The van der Waals surface area contributed by atoms with Crippen molar-refractivity contribution < 1.29 is 19.6 Å². The summed E-state index contributed by atoms with van der Waals surface area (Å²) in [5.41, 5.74) is 0.227. The summed E-state index contributed by atoms with van der Waals surface area (Å²) in [6.45, 7) is 2.67. The quantitative estimate of drug-likeness (QED) is 0.410. The highest BCUT2D eigenvalue weighted by molar-refractivity contribution is 5.69. The van der Waals surface area contributed by atoms with Crippen LogP contribution in [0.5, 0.6) is 5.75 Å². The first-order valence-corrected chi connectivity index (χ1v) is 6.42. The Morgan fingerprint density at radius 3 is 2.85 bits per heavy atom. The highest BCUT2D eigenvalue weighted by atomic mass is 16.6. The zero-order valence-electron chi connectivity index (χ0n) is 11.3. The lowest BCUT2D eigenvalue weighted by Gasteiger charge is -2.10. The number of nitrogens with zero attached hydrogens (tertiary/aromatic N) is 1. The number of rotatable bonds is 9. The molecule has 7 heteroatoms. The van der Waals surface area contributed by atoms with E-state index in [-0.39, 0.29) is 17.9 Å².